The van der Waals surface area contributed by atoms with Crippen LogP contribution in [0, 0.1) is 5.41 Å². The number of aromatic nitrogens is 2. The lowest BCUT2D eigenvalue weighted by molar-refractivity contribution is 0.0963. The molecule has 2 aromatic rings. The number of amides is 1. The van der Waals surface area contributed by atoms with E-state index in [0.29, 0.717) is 29.2 Å². The minimum Gasteiger partial charge on any atom is -0.490 e. The summed E-state index contributed by atoms with van der Waals surface area (Å²) in [6.07, 6.45) is 14.8. The van der Waals surface area contributed by atoms with E-state index in [0.717, 1.165) is 55.6 Å². The number of hydrogen-bond donors (Lipinski definition) is 3. The van der Waals surface area contributed by atoms with Crippen LogP contribution in [0.15, 0.2) is 47.1 Å². The lowest BCUT2D eigenvalue weighted by Gasteiger charge is -2.32. The first-order valence-electron chi connectivity index (χ1n) is 11.9. The second-order valence-corrected chi connectivity index (χ2v) is 9.40. The maximum atomic E-state index is 13.3. The van der Waals surface area contributed by atoms with Crippen LogP contribution in [0.3, 0.4) is 0 Å². The summed E-state index contributed by atoms with van der Waals surface area (Å²) < 4.78 is 8.16. The Labute approximate surface area is 199 Å². The van der Waals surface area contributed by atoms with Gasteiger partial charge < -0.3 is 25.7 Å². The molecule has 5 rings (SSSR count). The van der Waals surface area contributed by atoms with Crippen molar-refractivity contribution in [3.05, 3.63) is 47.7 Å². The van der Waals surface area contributed by atoms with E-state index >= 15 is 0 Å². The first-order chi connectivity index (χ1) is 16.5. The van der Waals surface area contributed by atoms with Crippen molar-refractivity contribution in [2.24, 2.45) is 4.99 Å². The van der Waals surface area contributed by atoms with E-state index in [2.05, 4.69) is 39.3 Å². The molecule has 2 heterocycles. The molecule has 2 saturated carbocycles. The molecule has 0 bridgehead atoms. The number of aliphatic imine (C=N–C) groups is 1. The Morgan fingerprint density at radius 2 is 2.03 bits per heavy atom. The van der Waals surface area contributed by atoms with E-state index in [9.17, 15) is 4.79 Å². The van der Waals surface area contributed by atoms with Crippen molar-refractivity contribution in [3.63, 3.8) is 0 Å². The van der Waals surface area contributed by atoms with Gasteiger partial charge in [-0.3, -0.25) is 9.48 Å². The van der Waals surface area contributed by atoms with Gasteiger partial charge in [-0.15, -0.1) is 0 Å². The van der Waals surface area contributed by atoms with E-state index < -0.39 is 0 Å². The fourth-order valence-corrected chi connectivity index (χ4v) is 4.56. The van der Waals surface area contributed by atoms with E-state index in [4.69, 9.17) is 15.2 Å². The van der Waals surface area contributed by atoms with Crippen LogP contribution in [0.25, 0.3) is 10.9 Å². The van der Waals surface area contributed by atoms with Crippen LogP contribution < -0.4 is 15.4 Å². The summed E-state index contributed by atoms with van der Waals surface area (Å²) in [5, 5.41) is 19.3. The maximum Gasteiger partial charge on any atom is 0.259 e. The van der Waals surface area contributed by atoms with Gasteiger partial charge in [-0.2, -0.15) is 5.10 Å². The van der Waals surface area contributed by atoms with Gasteiger partial charge in [0.15, 0.2) is 5.82 Å². The number of benzene rings is 1. The van der Waals surface area contributed by atoms with Crippen molar-refractivity contribution in [2.45, 2.75) is 56.7 Å². The van der Waals surface area contributed by atoms with Crippen LogP contribution in [0.5, 0.6) is 5.75 Å². The van der Waals surface area contributed by atoms with Gasteiger partial charge in [0.05, 0.1) is 23.2 Å². The van der Waals surface area contributed by atoms with Crippen LogP contribution in [-0.2, 0) is 0 Å². The molecule has 1 aliphatic heterocycles. The Morgan fingerprint density at radius 3 is 2.68 bits per heavy atom. The van der Waals surface area contributed by atoms with E-state index in [1.54, 1.807) is 18.5 Å². The van der Waals surface area contributed by atoms with Crippen LogP contribution in [0.4, 0.5) is 0 Å². The summed E-state index contributed by atoms with van der Waals surface area (Å²) in [5.41, 5.74) is 1.55. The molecule has 3 N–H and O–H groups in total. The second kappa shape index (κ2) is 9.42. The minimum atomic E-state index is -0.339. The second-order valence-electron chi connectivity index (χ2n) is 9.40. The standard InChI is InChI=1S/C25H31N7O2/c1-31(2)17-4-6-18(7-5-17)32-15-16-12-20(23(13-21(16)30-32)34-19-8-9-19)25(33)29-22(14-26)24-27-10-3-11-28-24/h3,10-15,17-19,26-27H,4-9H2,1-2H3,(H,29,33)/b24-22-,26-14?. The average Bonchev–Trinajstić information content (AvgIpc) is 3.58. The van der Waals surface area contributed by atoms with E-state index in [-0.39, 0.29) is 17.7 Å². The molecule has 0 saturated heterocycles. The first-order valence-corrected chi connectivity index (χ1v) is 11.9. The van der Waals surface area contributed by atoms with Crippen molar-refractivity contribution in [1.82, 2.24) is 25.3 Å². The first kappa shape index (κ1) is 22.3. The van der Waals surface area contributed by atoms with Crippen LogP contribution >= 0.6 is 0 Å². The highest BCUT2D eigenvalue weighted by molar-refractivity contribution is 6.03. The summed E-state index contributed by atoms with van der Waals surface area (Å²) in [6, 6.07) is 4.72. The molecular formula is C25H31N7O2. The SMILES string of the molecule is CN(C)C1CCC(n2cc3cc(C(=O)N/C(C=N)=C4\N=CC=CN4)c(OC4CC4)cc3n2)CC1. The fraction of sp³-hybridized carbons (Fsp3) is 0.440. The highest BCUT2D eigenvalue weighted by Crippen LogP contribution is 2.34. The number of carbonyl (C=O) groups excluding carboxylic acids is 1. The third-order valence-electron chi connectivity index (χ3n) is 6.71. The Balaban J connectivity index is 1.42. The van der Waals surface area contributed by atoms with Gasteiger partial charge in [0, 0.05) is 42.3 Å². The van der Waals surface area contributed by atoms with Gasteiger partial charge in [0.25, 0.3) is 5.91 Å². The van der Waals surface area contributed by atoms with Gasteiger partial charge in [-0.05, 0) is 64.8 Å². The number of nitrogens with one attached hydrogen (secondary N) is 3. The zero-order valence-corrected chi connectivity index (χ0v) is 19.6. The largest absolute Gasteiger partial charge is 0.490 e. The number of carbonyl (C=O) groups is 1. The molecule has 9 nitrogen and oxygen atoms in total. The van der Waals surface area contributed by atoms with Gasteiger partial charge in [0.1, 0.15) is 11.4 Å². The molecule has 1 aromatic heterocycles. The lowest BCUT2D eigenvalue weighted by Crippen LogP contribution is -2.32. The van der Waals surface area contributed by atoms with E-state index in [1.165, 1.54) is 0 Å². The minimum absolute atomic E-state index is 0.141. The van der Waals surface area contributed by atoms with Gasteiger partial charge >= 0.3 is 0 Å². The summed E-state index contributed by atoms with van der Waals surface area (Å²) in [6.45, 7) is 0. The van der Waals surface area contributed by atoms with Crippen molar-refractivity contribution in [2.75, 3.05) is 14.1 Å². The third kappa shape index (κ3) is 4.75. The Kier molecular flexibility index (Phi) is 6.19. The fourth-order valence-electron chi connectivity index (χ4n) is 4.56. The molecule has 0 atom stereocenters. The topological polar surface area (TPSA) is 108 Å². The molecular weight excluding hydrogens is 430 g/mol. The summed E-state index contributed by atoms with van der Waals surface area (Å²) in [7, 11) is 4.29. The molecule has 0 spiro atoms. The quantitative estimate of drug-likeness (QED) is 0.548. The summed E-state index contributed by atoms with van der Waals surface area (Å²) in [4.78, 5) is 19.8. The Morgan fingerprint density at radius 1 is 1.24 bits per heavy atom. The zero-order valence-electron chi connectivity index (χ0n) is 19.6. The van der Waals surface area contributed by atoms with Crippen molar-refractivity contribution < 1.29 is 9.53 Å². The third-order valence-corrected chi connectivity index (χ3v) is 6.71. The molecule has 0 radical (unpaired) electrons. The van der Waals surface area contributed by atoms with E-state index in [1.807, 2.05) is 18.3 Å². The molecule has 0 unspecified atom stereocenters. The monoisotopic (exact) mass is 461 g/mol. The van der Waals surface area contributed by atoms with Crippen LogP contribution in [-0.4, -0.2) is 59.3 Å². The van der Waals surface area contributed by atoms with Crippen molar-refractivity contribution in [1.29, 1.82) is 5.41 Å². The molecule has 2 aliphatic carbocycles. The zero-order chi connectivity index (χ0) is 23.7. The van der Waals surface area contributed by atoms with Gasteiger partial charge in [0.2, 0.25) is 0 Å². The summed E-state index contributed by atoms with van der Waals surface area (Å²) in [5.74, 6) is 0.607. The molecule has 3 aliphatic rings. The van der Waals surface area contributed by atoms with Crippen LogP contribution in [0.2, 0.25) is 0 Å². The number of ether oxygens (including phenoxy) is 1. The number of hydrogen-bond acceptors (Lipinski definition) is 7. The smallest absolute Gasteiger partial charge is 0.259 e. The predicted molar refractivity (Wildman–Crippen MR) is 132 cm³/mol. The molecule has 178 valence electrons. The lowest BCUT2D eigenvalue weighted by atomic mass is 9.91. The average molecular weight is 462 g/mol. The molecule has 2 fully saturated rings. The van der Waals surface area contributed by atoms with Gasteiger partial charge in [-0.25, -0.2) is 4.99 Å². The Hall–Kier alpha value is -3.46. The number of allylic oxidation sites excluding steroid dienone is 2. The Bertz CT molecular complexity index is 1180. The summed E-state index contributed by atoms with van der Waals surface area (Å²) >= 11 is 0. The normalized spacial score (nSPS) is 23.6. The van der Waals surface area contributed by atoms with Crippen molar-refractivity contribution >= 4 is 29.2 Å². The molecule has 34 heavy (non-hydrogen) atoms. The maximum absolute atomic E-state index is 13.3. The number of fused-ring (bicyclic) bond motifs is 1. The predicted octanol–water partition coefficient (Wildman–Crippen LogP) is 3.36. The molecule has 1 amide bonds. The van der Waals surface area contributed by atoms with Crippen molar-refractivity contribution in [3.8, 4) is 5.75 Å². The van der Waals surface area contributed by atoms with Crippen LogP contribution in [0.1, 0.15) is 54.9 Å². The highest BCUT2D eigenvalue weighted by Gasteiger charge is 2.28. The highest BCUT2D eigenvalue weighted by atomic mass is 16.5. The number of rotatable bonds is 7. The van der Waals surface area contributed by atoms with Gasteiger partial charge in [-0.1, -0.05) is 0 Å². The number of nitrogens with zero attached hydrogens (tertiary/aromatic N) is 4. The molecule has 1 aromatic carbocycles. The molecule has 9 heteroatoms.